The molecule has 0 radical (unpaired) electrons. The van der Waals surface area contributed by atoms with E-state index in [2.05, 4.69) is 10.6 Å². The molecule has 0 saturated heterocycles. The minimum atomic E-state index is -1.04. The molecule has 0 fully saturated rings. The number of fused-ring (bicyclic) bond motifs is 1. The molecule has 1 aromatic heterocycles. The second-order valence-electron chi connectivity index (χ2n) is 5.40. The smallest absolute Gasteiger partial charge is 0.338 e. The summed E-state index contributed by atoms with van der Waals surface area (Å²) in [5, 5.41) is 17.1. The van der Waals surface area contributed by atoms with Crippen molar-refractivity contribution in [2.75, 3.05) is 10.6 Å². The van der Waals surface area contributed by atoms with Gasteiger partial charge in [0.25, 0.3) is 0 Å². The van der Waals surface area contributed by atoms with E-state index in [0.29, 0.717) is 16.3 Å². The average molecular weight is 340 g/mol. The van der Waals surface area contributed by atoms with Crippen molar-refractivity contribution in [1.82, 2.24) is 0 Å². The molecule has 0 saturated carbocycles. The number of benzene rings is 2. The van der Waals surface area contributed by atoms with Crippen LogP contribution in [-0.2, 0) is 0 Å². The molecule has 0 atom stereocenters. The maximum Gasteiger partial charge on any atom is 0.338 e. The van der Waals surface area contributed by atoms with Crippen molar-refractivity contribution in [1.29, 1.82) is 0 Å². The fourth-order valence-electron chi connectivity index (χ4n) is 2.56. The van der Waals surface area contributed by atoms with Crippen molar-refractivity contribution in [3.8, 4) is 0 Å². The molecule has 24 heavy (non-hydrogen) atoms. The van der Waals surface area contributed by atoms with Crippen molar-refractivity contribution >= 4 is 44.8 Å². The fraction of sp³-hybridized carbons (Fsp3) is 0.111. The zero-order valence-corrected chi connectivity index (χ0v) is 14.0. The van der Waals surface area contributed by atoms with Gasteiger partial charge in [-0.05, 0) is 30.9 Å². The quantitative estimate of drug-likeness (QED) is 0.637. The summed E-state index contributed by atoms with van der Waals surface area (Å²) in [5.41, 5.74) is 1.49. The Hall–Kier alpha value is -2.86. The maximum absolute atomic E-state index is 12.3. The number of carboxylic acid groups (broad SMARTS) is 1. The Bertz CT molecular complexity index is 941. The molecule has 3 aromatic rings. The molecule has 3 N–H and O–H groups in total. The van der Waals surface area contributed by atoms with Crippen LogP contribution < -0.4 is 10.6 Å². The number of rotatable bonds is 3. The first-order valence-electron chi connectivity index (χ1n) is 7.36. The molecule has 0 aliphatic rings. The molecule has 2 amide bonds. The lowest BCUT2D eigenvalue weighted by atomic mass is 10.1. The number of nitrogens with one attached hydrogen (secondary N) is 2. The Morgan fingerprint density at radius 1 is 1.00 bits per heavy atom. The summed E-state index contributed by atoms with van der Waals surface area (Å²) >= 11 is 1.26. The van der Waals surface area contributed by atoms with E-state index in [9.17, 15) is 14.7 Å². The summed E-state index contributed by atoms with van der Waals surface area (Å²) in [6, 6.07) is 12.9. The zero-order valence-electron chi connectivity index (χ0n) is 13.2. The monoisotopic (exact) mass is 340 g/mol. The Balaban J connectivity index is 1.86. The normalized spacial score (nSPS) is 10.6. The number of aryl methyl sites for hydroxylation is 1. The van der Waals surface area contributed by atoms with Gasteiger partial charge in [-0.3, -0.25) is 5.32 Å². The standard InChI is InChI=1S/C18H16N2O3S/c1-10-11(2)24-16(15(10)17(21)22)20-18(23)19-14-9-5-7-12-6-3-4-8-13(12)14/h3-9H,1-2H3,(H,21,22)(H2,19,20,23). The van der Waals surface area contributed by atoms with Crippen LogP contribution in [0.1, 0.15) is 20.8 Å². The number of hydrogen-bond donors (Lipinski definition) is 3. The zero-order chi connectivity index (χ0) is 17.3. The van der Waals surface area contributed by atoms with Crippen LogP contribution in [-0.4, -0.2) is 17.1 Å². The minimum Gasteiger partial charge on any atom is -0.478 e. The number of hydrogen-bond acceptors (Lipinski definition) is 3. The van der Waals surface area contributed by atoms with E-state index in [4.69, 9.17) is 0 Å². The number of thiophene rings is 1. The van der Waals surface area contributed by atoms with Gasteiger partial charge in [-0.25, -0.2) is 9.59 Å². The minimum absolute atomic E-state index is 0.144. The van der Waals surface area contributed by atoms with Gasteiger partial charge in [0.05, 0.1) is 11.3 Å². The van der Waals surface area contributed by atoms with Gasteiger partial charge in [0.15, 0.2) is 0 Å². The van der Waals surface area contributed by atoms with Crippen molar-refractivity contribution in [3.63, 3.8) is 0 Å². The first-order valence-corrected chi connectivity index (χ1v) is 8.18. The van der Waals surface area contributed by atoms with Crippen molar-refractivity contribution in [2.45, 2.75) is 13.8 Å². The van der Waals surface area contributed by atoms with Crippen LogP contribution in [0.25, 0.3) is 10.8 Å². The topological polar surface area (TPSA) is 78.4 Å². The van der Waals surface area contributed by atoms with E-state index >= 15 is 0 Å². The van der Waals surface area contributed by atoms with Crippen molar-refractivity contribution in [2.24, 2.45) is 0 Å². The number of urea groups is 1. The Morgan fingerprint density at radius 3 is 2.46 bits per heavy atom. The first kappa shape index (κ1) is 16.0. The van der Waals surface area contributed by atoms with Gasteiger partial charge >= 0.3 is 12.0 Å². The molecule has 6 heteroatoms. The molecule has 1 heterocycles. The van der Waals surface area contributed by atoms with Crippen LogP contribution >= 0.6 is 11.3 Å². The largest absolute Gasteiger partial charge is 0.478 e. The predicted molar refractivity (Wildman–Crippen MR) is 97.3 cm³/mol. The molecule has 3 rings (SSSR count). The summed E-state index contributed by atoms with van der Waals surface area (Å²) in [5.74, 6) is -1.04. The fourth-order valence-corrected chi connectivity index (χ4v) is 3.61. The third-order valence-corrected chi connectivity index (χ3v) is 4.99. The van der Waals surface area contributed by atoms with Crippen LogP contribution in [0.2, 0.25) is 0 Å². The van der Waals surface area contributed by atoms with E-state index in [1.807, 2.05) is 49.4 Å². The first-order chi connectivity index (χ1) is 11.5. The number of carboxylic acids is 1. The third kappa shape index (κ3) is 2.96. The highest BCUT2D eigenvalue weighted by molar-refractivity contribution is 7.16. The van der Waals surface area contributed by atoms with Gasteiger partial charge in [-0.1, -0.05) is 36.4 Å². The highest BCUT2D eigenvalue weighted by atomic mass is 32.1. The highest BCUT2D eigenvalue weighted by Crippen LogP contribution is 2.32. The summed E-state index contributed by atoms with van der Waals surface area (Å²) in [7, 11) is 0. The van der Waals surface area contributed by atoms with Gasteiger partial charge in [0.1, 0.15) is 5.00 Å². The summed E-state index contributed by atoms with van der Waals surface area (Å²) in [6.45, 7) is 3.57. The maximum atomic E-state index is 12.3. The van der Waals surface area contributed by atoms with E-state index in [1.165, 1.54) is 11.3 Å². The highest BCUT2D eigenvalue weighted by Gasteiger charge is 2.20. The summed E-state index contributed by atoms with van der Waals surface area (Å²) < 4.78 is 0. The van der Waals surface area contributed by atoms with Gasteiger partial charge in [0, 0.05) is 10.3 Å². The van der Waals surface area contributed by atoms with E-state index in [1.54, 1.807) is 6.92 Å². The van der Waals surface area contributed by atoms with Gasteiger partial charge in [-0.15, -0.1) is 11.3 Å². The van der Waals surface area contributed by atoms with Gasteiger partial charge in [-0.2, -0.15) is 0 Å². The van der Waals surface area contributed by atoms with Crippen molar-refractivity contribution in [3.05, 3.63) is 58.5 Å². The molecular formula is C18H16N2O3S. The number of carbonyl (C=O) groups is 2. The predicted octanol–water partition coefficient (Wildman–Crippen LogP) is 4.86. The van der Waals surface area contributed by atoms with Crippen LogP contribution in [0, 0.1) is 13.8 Å². The van der Waals surface area contributed by atoms with Crippen LogP contribution in [0.3, 0.4) is 0 Å². The molecule has 0 unspecified atom stereocenters. The molecule has 0 spiro atoms. The molecule has 0 aliphatic heterocycles. The lowest BCUT2D eigenvalue weighted by Crippen LogP contribution is -2.20. The summed E-state index contributed by atoms with van der Waals surface area (Å²) in [4.78, 5) is 24.6. The molecule has 122 valence electrons. The van der Waals surface area contributed by atoms with Crippen LogP contribution in [0.4, 0.5) is 15.5 Å². The lowest BCUT2D eigenvalue weighted by Gasteiger charge is -2.10. The van der Waals surface area contributed by atoms with Crippen LogP contribution in [0.15, 0.2) is 42.5 Å². The van der Waals surface area contributed by atoms with Crippen LogP contribution in [0.5, 0.6) is 0 Å². The number of anilines is 2. The number of aromatic carboxylic acids is 1. The molecule has 0 aliphatic carbocycles. The molecule has 5 nitrogen and oxygen atoms in total. The number of carbonyl (C=O) groups excluding carboxylic acids is 1. The number of amides is 2. The van der Waals surface area contributed by atoms with Gasteiger partial charge in [0.2, 0.25) is 0 Å². The Morgan fingerprint density at radius 2 is 1.71 bits per heavy atom. The average Bonchev–Trinajstić information content (AvgIpc) is 2.82. The SMILES string of the molecule is Cc1sc(NC(=O)Nc2cccc3ccccc23)c(C(=O)O)c1C. The lowest BCUT2D eigenvalue weighted by molar-refractivity contribution is 0.0697. The second kappa shape index (κ2) is 6.33. The van der Waals surface area contributed by atoms with Gasteiger partial charge < -0.3 is 10.4 Å². The second-order valence-corrected chi connectivity index (χ2v) is 6.62. The van der Waals surface area contributed by atoms with E-state index in [-0.39, 0.29) is 5.56 Å². The van der Waals surface area contributed by atoms with Crippen molar-refractivity contribution < 1.29 is 14.7 Å². The molecule has 0 bridgehead atoms. The molecular weight excluding hydrogens is 324 g/mol. The van der Waals surface area contributed by atoms with E-state index in [0.717, 1.165) is 15.6 Å². The van der Waals surface area contributed by atoms with E-state index < -0.39 is 12.0 Å². The Labute approximate surface area is 142 Å². The summed E-state index contributed by atoms with van der Waals surface area (Å²) in [6.07, 6.45) is 0. The third-order valence-electron chi connectivity index (χ3n) is 3.86. The Kier molecular flexibility index (Phi) is 4.22. The molecule has 2 aromatic carbocycles.